The van der Waals surface area contributed by atoms with E-state index in [9.17, 15) is 9.59 Å². The zero-order chi connectivity index (χ0) is 19.3. The number of amides is 2. The molecule has 0 aliphatic heterocycles. The lowest BCUT2D eigenvalue weighted by molar-refractivity contribution is -0.116. The van der Waals surface area contributed by atoms with Crippen LogP contribution in [0.15, 0.2) is 30.5 Å². The second-order valence-electron chi connectivity index (χ2n) is 6.27. The summed E-state index contributed by atoms with van der Waals surface area (Å²) in [5.41, 5.74) is 4.27. The molecule has 138 valence electrons. The van der Waals surface area contributed by atoms with E-state index in [1.165, 1.54) is 4.90 Å². The Labute approximate surface area is 154 Å². The van der Waals surface area contributed by atoms with Gasteiger partial charge >= 0.3 is 0 Å². The van der Waals surface area contributed by atoms with Gasteiger partial charge in [-0.3, -0.25) is 9.59 Å². The molecular formula is C20H25N3O3. The van der Waals surface area contributed by atoms with Gasteiger partial charge in [0.25, 0.3) is 5.91 Å². The van der Waals surface area contributed by atoms with E-state index in [2.05, 4.69) is 10.3 Å². The normalized spacial score (nSPS) is 10.3. The number of rotatable bonds is 6. The van der Waals surface area contributed by atoms with E-state index >= 15 is 0 Å². The first-order valence-corrected chi connectivity index (χ1v) is 8.54. The summed E-state index contributed by atoms with van der Waals surface area (Å²) in [6.45, 7) is 8.09. The fourth-order valence-electron chi connectivity index (χ4n) is 2.85. The summed E-state index contributed by atoms with van der Waals surface area (Å²) in [5.74, 6) is -0.288. The summed E-state index contributed by atoms with van der Waals surface area (Å²) >= 11 is 0. The molecule has 6 heteroatoms. The van der Waals surface area contributed by atoms with Gasteiger partial charge in [-0.15, -0.1) is 0 Å². The van der Waals surface area contributed by atoms with E-state index in [0.29, 0.717) is 12.2 Å². The Bertz CT molecular complexity index is 795. The van der Waals surface area contributed by atoms with Gasteiger partial charge < -0.3 is 15.0 Å². The van der Waals surface area contributed by atoms with Gasteiger partial charge in [0, 0.05) is 18.9 Å². The lowest BCUT2D eigenvalue weighted by Gasteiger charge is -2.19. The largest absolute Gasteiger partial charge is 0.477 e. The molecule has 2 rings (SSSR count). The van der Waals surface area contributed by atoms with Crippen molar-refractivity contribution in [3.05, 3.63) is 52.7 Å². The highest BCUT2D eigenvalue weighted by molar-refractivity contribution is 6.00. The molecule has 1 heterocycles. The minimum Gasteiger partial charge on any atom is -0.477 e. The summed E-state index contributed by atoms with van der Waals surface area (Å²) in [7, 11) is 1.58. The highest BCUT2D eigenvalue weighted by atomic mass is 16.5. The molecule has 0 aliphatic carbocycles. The van der Waals surface area contributed by atoms with Crippen LogP contribution in [0.4, 0.5) is 5.69 Å². The number of aryl methyl sites for hydroxylation is 3. The minimum absolute atomic E-state index is 0.0634. The van der Waals surface area contributed by atoms with Gasteiger partial charge in [0.2, 0.25) is 11.8 Å². The molecular weight excluding hydrogens is 330 g/mol. The molecule has 2 aromatic rings. The third kappa shape index (κ3) is 4.59. The summed E-state index contributed by atoms with van der Waals surface area (Å²) in [4.78, 5) is 30.5. The van der Waals surface area contributed by atoms with Crippen molar-refractivity contribution in [3.63, 3.8) is 0 Å². The molecule has 2 amide bonds. The van der Waals surface area contributed by atoms with Crippen LogP contribution in [0, 0.1) is 20.8 Å². The van der Waals surface area contributed by atoms with Crippen molar-refractivity contribution in [2.45, 2.75) is 27.7 Å². The number of carbonyl (C=O) groups is 2. The lowest BCUT2D eigenvalue weighted by Crippen LogP contribution is -2.35. The Morgan fingerprint density at radius 3 is 2.46 bits per heavy atom. The molecule has 0 unspecified atom stereocenters. The lowest BCUT2D eigenvalue weighted by atomic mass is 10.1. The number of aromatic nitrogens is 1. The van der Waals surface area contributed by atoms with Crippen LogP contribution in [0.5, 0.6) is 5.88 Å². The number of anilines is 1. The Morgan fingerprint density at radius 2 is 1.85 bits per heavy atom. The maximum Gasteiger partial charge on any atom is 0.259 e. The zero-order valence-electron chi connectivity index (χ0n) is 15.9. The van der Waals surface area contributed by atoms with Crippen molar-refractivity contribution in [1.82, 2.24) is 9.88 Å². The summed E-state index contributed by atoms with van der Waals surface area (Å²) in [6, 6.07) is 7.34. The van der Waals surface area contributed by atoms with Crippen LogP contribution in [0.2, 0.25) is 0 Å². The Balaban J connectivity index is 2.09. The molecule has 0 radical (unpaired) electrons. The third-order valence-electron chi connectivity index (χ3n) is 3.95. The van der Waals surface area contributed by atoms with Gasteiger partial charge in [-0.25, -0.2) is 4.98 Å². The number of pyridine rings is 1. The molecule has 0 spiro atoms. The number of nitrogens with one attached hydrogen (secondary N) is 1. The van der Waals surface area contributed by atoms with E-state index in [-0.39, 0.29) is 24.2 Å². The first-order valence-electron chi connectivity index (χ1n) is 8.54. The predicted octanol–water partition coefficient (Wildman–Crippen LogP) is 3.12. The second kappa shape index (κ2) is 8.47. The highest BCUT2D eigenvalue weighted by Gasteiger charge is 2.20. The van der Waals surface area contributed by atoms with E-state index in [0.717, 1.165) is 22.4 Å². The summed E-state index contributed by atoms with van der Waals surface area (Å²) in [6.07, 6.45) is 1.57. The van der Waals surface area contributed by atoms with Crippen LogP contribution in [0.25, 0.3) is 0 Å². The molecule has 1 aromatic heterocycles. The first kappa shape index (κ1) is 19.4. The van der Waals surface area contributed by atoms with Crippen LogP contribution in [0.1, 0.15) is 34.0 Å². The van der Waals surface area contributed by atoms with Gasteiger partial charge in [-0.05, 0) is 51.0 Å². The van der Waals surface area contributed by atoms with Crippen molar-refractivity contribution in [2.24, 2.45) is 0 Å². The Morgan fingerprint density at radius 1 is 1.19 bits per heavy atom. The molecule has 0 saturated heterocycles. The molecule has 0 atom stereocenters. The standard InChI is InChI=1S/C20H25N3O3/c1-6-26-19-16(8-7-9-21-19)20(25)23(5)12-17(24)22-18-14(3)10-13(2)11-15(18)4/h7-11H,6,12H2,1-5H3,(H,22,24). The van der Waals surface area contributed by atoms with Gasteiger partial charge in [-0.1, -0.05) is 17.7 Å². The molecule has 1 aromatic carbocycles. The van der Waals surface area contributed by atoms with Gasteiger partial charge in [0.05, 0.1) is 13.2 Å². The number of nitrogens with zero attached hydrogens (tertiary/aromatic N) is 2. The average molecular weight is 355 g/mol. The molecule has 0 aliphatic rings. The van der Waals surface area contributed by atoms with Crippen molar-refractivity contribution < 1.29 is 14.3 Å². The van der Waals surface area contributed by atoms with E-state index < -0.39 is 0 Å². The number of likely N-dealkylation sites (N-methyl/N-ethyl adjacent to an activating group) is 1. The van der Waals surface area contributed by atoms with Crippen molar-refractivity contribution in [3.8, 4) is 5.88 Å². The summed E-state index contributed by atoms with van der Waals surface area (Å²) < 4.78 is 5.39. The highest BCUT2D eigenvalue weighted by Crippen LogP contribution is 2.22. The number of carbonyl (C=O) groups excluding carboxylic acids is 2. The number of hydrogen-bond donors (Lipinski definition) is 1. The van der Waals surface area contributed by atoms with Crippen LogP contribution in [-0.4, -0.2) is 41.9 Å². The van der Waals surface area contributed by atoms with Crippen LogP contribution >= 0.6 is 0 Å². The third-order valence-corrected chi connectivity index (χ3v) is 3.95. The number of hydrogen-bond acceptors (Lipinski definition) is 4. The fourth-order valence-corrected chi connectivity index (χ4v) is 2.85. The molecule has 0 saturated carbocycles. The van der Waals surface area contributed by atoms with E-state index in [4.69, 9.17) is 4.74 Å². The topological polar surface area (TPSA) is 71.5 Å². The molecule has 26 heavy (non-hydrogen) atoms. The molecule has 0 fully saturated rings. The smallest absolute Gasteiger partial charge is 0.259 e. The molecule has 6 nitrogen and oxygen atoms in total. The fraction of sp³-hybridized carbons (Fsp3) is 0.350. The first-order chi connectivity index (χ1) is 12.3. The van der Waals surface area contributed by atoms with Gasteiger partial charge in [0.15, 0.2) is 0 Å². The summed E-state index contributed by atoms with van der Waals surface area (Å²) in [5, 5.41) is 2.90. The maximum atomic E-state index is 12.6. The van der Waals surface area contributed by atoms with Crippen molar-refractivity contribution in [2.75, 3.05) is 25.5 Å². The Hall–Kier alpha value is -2.89. The van der Waals surface area contributed by atoms with Gasteiger partial charge in [-0.2, -0.15) is 0 Å². The monoisotopic (exact) mass is 355 g/mol. The number of ether oxygens (including phenoxy) is 1. The zero-order valence-corrected chi connectivity index (χ0v) is 15.9. The van der Waals surface area contributed by atoms with Crippen LogP contribution in [0.3, 0.4) is 0 Å². The van der Waals surface area contributed by atoms with E-state index in [1.807, 2.05) is 39.8 Å². The van der Waals surface area contributed by atoms with Crippen molar-refractivity contribution in [1.29, 1.82) is 0 Å². The molecule has 0 bridgehead atoms. The van der Waals surface area contributed by atoms with Crippen LogP contribution < -0.4 is 10.1 Å². The Kier molecular flexibility index (Phi) is 6.33. The van der Waals surface area contributed by atoms with Crippen LogP contribution in [-0.2, 0) is 4.79 Å². The SMILES string of the molecule is CCOc1ncccc1C(=O)N(C)CC(=O)Nc1c(C)cc(C)cc1C. The predicted molar refractivity (Wildman–Crippen MR) is 102 cm³/mol. The number of benzene rings is 1. The average Bonchev–Trinajstić information content (AvgIpc) is 2.58. The van der Waals surface area contributed by atoms with Gasteiger partial charge in [0.1, 0.15) is 5.56 Å². The van der Waals surface area contributed by atoms with Crippen molar-refractivity contribution >= 4 is 17.5 Å². The van der Waals surface area contributed by atoms with E-state index in [1.54, 1.807) is 25.4 Å². The maximum absolute atomic E-state index is 12.6. The minimum atomic E-state index is -0.311. The second-order valence-corrected chi connectivity index (χ2v) is 6.27. The quantitative estimate of drug-likeness (QED) is 0.864. The molecule has 1 N–H and O–H groups in total.